The third-order valence-electron chi connectivity index (χ3n) is 9.79. The summed E-state index contributed by atoms with van der Waals surface area (Å²) in [5, 5.41) is 0. The first-order valence-electron chi connectivity index (χ1n) is 25.7. The van der Waals surface area contributed by atoms with E-state index in [2.05, 4.69) is 154 Å². The zero-order valence-corrected chi connectivity index (χ0v) is 42.1. The monoisotopic (exact) mass is 919 g/mol. The summed E-state index contributed by atoms with van der Waals surface area (Å²) < 4.78 is 16.7. The van der Waals surface area contributed by atoms with Gasteiger partial charge in [-0.25, -0.2) is 0 Å². The third-order valence-corrected chi connectivity index (χ3v) is 9.79. The van der Waals surface area contributed by atoms with E-state index in [-0.39, 0.29) is 38.0 Å². The van der Waals surface area contributed by atoms with E-state index < -0.39 is 12.1 Å². The van der Waals surface area contributed by atoms with Crippen molar-refractivity contribution in [1.29, 1.82) is 0 Å². The van der Waals surface area contributed by atoms with Gasteiger partial charge >= 0.3 is 17.9 Å². The molecule has 1 unspecified atom stereocenters. The Morgan fingerprint density at radius 2 is 0.627 bits per heavy atom. The van der Waals surface area contributed by atoms with E-state index >= 15 is 0 Å². The molecule has 1 atom stereocenters. The van der Waals surface area contributed by atoms with Crippen LogP contribution in [0.2, 0.25) is 0 Å². The Balaban J connectivity index is 4.63. The Labute approximate surface area is 409 Å². The van der Waals surface area contributed by atoms with Gasteiger partial charge in [-0.15, -0.1) is 0 Å². The second-order valence-electron chi connectivity index (χ2n) is 16.0. The molecule has 0 saturated carbocycles. The molecule has 0 aliphatic rings. The van der Waals surface area contributed by atoms with E-state index in [0.717, 1.165) is 122 Å². The normalized spacial score (nSPS) is 13.5. The topological polar surface area (TPSA) is 78.9 Å². The van der Waals surface area contributed by atoms with Gasteiger partial charge in [0.2, 0.25) is 0 Å². The summed E-state index contributed by atoms with van der Waals surface area (Å²) in [5.74, 6) is -1.09. The molecule has 0 saturated heterocycles. The molecule has 0 spiro atoms. The maximum Gasteiger partial charge on any atom is 0.306 e. The molecular weight excluding hydrogens is 829 g/mol. The predicted octanol–water partition coefficient (Wildman–Crippen LogP) is 17.2. The maximum atomic E-state index is 12.8. The Kier molecular flexibility index (Phi) is 49.2. The van der Waals surface area contributed by atoms with E-state index in [0.29, 0.717) is 19.3 Å². The summed E-state index contributed by atoms with van der Waals surface area (Å²) in [6.45, 7) is 6.12. The highest BCUT2D eigenvalue weighted by Gasteiger charge is 2.19. The Morgan fingerprint density at radius 1 is 0.313 bits per heavy atom. The molecule has 0 aromatic carbocycles. The van der Waals surface area contributed by atoms with E-state index in [4.69, 9.17) is 14.2 Å². The first-order valence-corrected chi connectivity index (χ1v) is 25.7. The van der Waals surface area contributed by atoms with Crippen LogP contribution in [0.5, 0.6) is 0 Å². The second kappa shape index (κ2) is 53.4. The van der Waals surface area contributed by atoms with Gasteiger partial charge in [0.1, 0.15) is 13.2 Å². The van der Waals surface area contributed by atoms with Crippen LogP contribution in [-0.4, -0.2) is 37.2 Å². The molecule has 370 valence electrons. The summed E-state index contributed by atoms with van der Waals surface area (Å²) in [6.07, 6.45) is 79.1. The van der Waals surface area contributed by atoms with Crippen LogP contribution in [0.1, 0.15) is 175 Å². The van der Waals surface area contributed by atoms with E-state index in [1.807, 2.05) is 36.5 Å². The molecule has 0 rings (SSSR count). The molecule has 0 amide bonds. The van der Waals surface area contributed by atoms with Gasteiger partial charge in [0.25, 0.3) is 0 Å². The first kappa shape index (κ1) is 61.8. The molecule has 0 aliphatic carbocycles. The van der Waals surface area contributed by atoms with E-state index in [1.165, 1.54) is 0 Å². The lowest BCUT2D eigenvalue weighted by Crippen LogP contribution is -2.30. The van der Waals surface area contributed by atoms with Crippen LogP contribution in [0.3, 0.4) is 0 Å². The van der Waals surface area contributed by atoms with Gasteiger partial charge in [-0.2, -0.15) is 0 Å². The molecule has 0 bridgehead atoms. The van der Waals surface area contributed by atoms with Crippen molar-refractivity contribution in [1.82, 2.24) is 0 Å². The predicted molar refractivity (Wildman–Crippen MR) is 288 cm³/mol. The molecule has 0 radical (unpaired) electrons. The highest BCUT2D eigenvalue weighted by atomic mass is 16.6. The number of ether oxygens (including phenoxy) is 3. The minimum Gasteiger partial charge on any atom is -0.462 e. The lowest BCUT2D eigenvalue weighted by Gasteiger charge is -2.18. The number of rotatable bonds is 43. The molecule has 67 heavy (non-hydrogen) atoms. The molecule has 0 heterocycles. The van der Waals surface area contributed by atoms with Gasteiger partial charge < -0.3 is 14.2 Å². The first-order chi connectivity index (χ1) is 33.0. The quantitative estimate of drug-likeness (QED) is 0.0199. The zero-order chi connectivity index (χ0) is 48.6. The number of hydrogen-bond acceptors (Lipinski definition) is 6. The van der Waals surface area contributed by atoms with Gasteiger partial charge in [-0.1, -0.05) is 204 Å². The average Bonchev–Trinajstić information content (AvgIpc) is 3.33. The Morgan fingerprint density at radius 3 is 1.03 bits per heavy atom. The number of unbranched alkanes of at least 4 members (excludes halogenated alkanes) is 7. The van der Waals surface area contributed by atoms with Crippen molar-refractivity contribution in [3.63, 3.8) is 0 Å². The van der Waals surface area contributed by atoms with E-state index in [1.54, 1.807) is 0 Å². The molecule has 0 N–H and O–H groups in total. The summed E-state index contributed by atoms with van der Waals surface area (Å²) >= 11 is 0. The van der Waals surface area contributed by atoms with Gasteiger partial charge in [0, 0.05) is 19.3 Å². The highest BCUT2D eigenvalue weighted by molar-refractivity contribution is 5.71. The fourth-order valence-electron chi connectivity index (χ4n) is 6.04. The van der Waals surface area contributed by atoms with Crippen molar-refractivity contribution in [2.45, 2.75) is 181 Å². The molecule has 0 aromatic rings. The number of carbonyl (C=O) groups excluding carboxylic acids is 3. The van der Waals surface area contributed by atoms with Crippen LogP contribution < -0.4 is 0 Å². The Hall–Kier alpha value is -5.23. The lowest BCUT2D eigenvalue weighted by atomic mass is 10.1. The smallest absolute Gasteiger partial charge is 0.306 e. The van der Waals surface area contributed by atoms with Crippen molar-refractivity contribution in [3.8, 4) is 0 Å². The standard InChI is InChI=1S/C61H90O6/c1-4-7-10-13-16-19-22-25-27-29-30-32-33-36-39-42-45-48-51-54-60(63)66-57-58(56-65-59(62)53-50-47-44-41-38-35-24-21-18-15-12-9-6-3)67-61(64)55-52-49-46-43-40-37-34-31-28-26-23-20-17-14-11-8-5-2/h7-12,15-21,24-28,30,32,34-39,43,46,58H,4-6,13-14,22-23,29,31,33,40-42,44-45,47-57H2,1-3H3/b10-7+,11-8+,12-9+,18-15+,19-16+,20-17+,24-21+,27-25+,28-26+,32-30+,37-34+,38-35+,39-36+,46-43+. The van der Waals surface area contributed by atoms with Gasteiger partial charge in [-0.05, 0) is 122 Å². The molecule has 0 aliphatic heterocycles. The van der Waals surface area contributed by atoms with E-state index in [9.17, 15) is 14.4 Å². The van der Waals surface area contributed by atoms with Gasteiger partial charge in [0.05, 0.1) is 0 Å². The second-order valence-corrected chi connectivity index (χ2v) is 16.0. The Bertz CT molecular complexity index is 1620. The average molecular weight is 919 g/mol. The van der Waals surface area contributed by atoms with Crippen LogP contribution >= 0.6 is 0 Å². The molecule has 6 nitrogen and oxygen atoms in total. The summed E-state index contributed by atoms with van der Waals surface area (Å²) in [7, 11) is 0. The van der Waals surface area contributed by atoms with Gasteiger partial charge in [0.15, 0.2) is 6.10 Å². The minimum atomic E-state index is -0.847. The van der Waals surface area contributed by atoms with Crippen LogP contribution in [0, 0.1) is 0 Å². The van der Waals surface area contributed by atoms with Crippen LogP contribution in [-0.2, 0) is 28.6 Å². The number of hydrogen-bond donors (Lipinski definition) is 0. The maximum absolute atomic E-state index is 12.8. The zero-order valence-electron chi connectivity index (χ0n) is 42.1. The van der Waals surface area contributed by atoms with Crippen LogP contribution in [0.25, 0.3) is 0 Å². The van der Waals surface area contributed by atoms with Crippen molar-refractivity contribution < 1.29 is 28.6 Å². The third kappa shape index (κ3) is 51.6. The van der Waals surface area contributed by atoms with Gasteiger partial charge in [-0.3, -0.25) is 14.4 Å². The fourth-order valence-corrected chi connectivity index (χ4v) is 6.04. The van der Waals surface area contributed by atoms with Crippen molar-refractivity contribution in [2.24, 2.45) is 0 Å². The highest BCUT2D eigenvalue weighted by Crippen LogP contribution is 2.10. The molecule has 6 heteroatoms. The SMILES string of the molecule is CC/C=C/C=C/C=C/C=C/CCCCCC(=O)OCC(COC(=O)CCCCC/C=C/C/C=C/C/C=C/C/C=C/C/C=C/CC)OC(=O)CCC/C=C/C/C=C/C/C=C/C/C=C/C/C=C/CC. The minimum absolute atomic E-state index is 0.140. The molecular formula is C61H90O6. The van der Waals surface area contributed by atoms with Crippen LogP contribution in [0.4, 0.5) is 0 Å². The summed E-state index contributed by atoms with van der Waals surface area (Å²) in [5.41, 5.74) is 0. The van der Waals surface area contributed by atoms with Crippen molar-refractivity contribution in [2.75, 3.05) is 13.2 Å². The number of allylic oxidation sites excluding steroid dienone is 28. The lowest BCUT2D eigenvalue weighted by molar-refractivity contribution is -0.167. The van der Waals surface area contributed by atoms with Crippen molar-refractivity contribution >= 4 is 17.9 Å². The number of carbonyl (C=O) groups is 3. The largest absolute Gasteiger partial charge is 0.462 e. The van der Waals surface area contributed by atoms with Crippen LogP contribution in [0.15, 0.2) is 170 Å². The molecule has 0 aromatic heterocycles. The fraction of sp³-hybridized carbons (Fsp3) is 0.492. The summed E-state index contributed by atoms with van der Waals surface area (Å²) in [4.78, 5) is 38.0. The molecule has 0 fully saturated rings. The summed E-state index contributed by atoms with van der Waals surface area (Å²) in [6, 6.07) is 0. The number of esters is 3. The van der Waals surface area contributed by atoms with Crippen molar-refractivity contribution in [3.05, 3.63) is 170 Å².